The molecule has 1 aliphatic heterocycles. The van der Waals surface area contributed by atoms with Gasteiger partial charge in [0.2, 0.25) is 5.91 Å². The zero-order chi connectivity index (χ0) is 6.91. The van der Waals surface area contributed by atoms with Crippen molar-refractivity contribution in [3.8, 4) is 0 Å². The summed E-state index contributed by atoms with van der Waals surface area (Å²) in [6.07, 6.45) is 2.49. The van der Waals surface area contributed by atoms with Crippen LogP contribution in [0.4, 0.5) is 0 Å². The lowest BCUT2D eigenvalue weighted by Gasteiger charge is -2.23. The normalized spacial score (nSPS) is 33.3. The van der Waals surface area contributed by atoms with Crippen LogP contribution in [-0.4, -0.2) is 16.3 Å². The molecule has 0 aromatic heterocycles. The van der Waals surface area contributed by atoms with E-state index in [1.54, 1.807) is 0 Å². The Balaban J connectivity index is 2.68. The van der Waals surface area contributed by atoms with E-state index in [9.17, 15) is 4.79 Å². The van der Waals surface area contributed by atoms with Crippen molar-refractivity contribution in [3.05, 3.63) is 12.3 Å². The highest BCUT2D eigenvalue weighted by Gasteiger charge is 2.25. The minimum absolute atomic E-state index is 0.425. The van der Waals surface area contributed by atoms with Gasteiger partial charge in [-0.1, -0.05) is 0 Å². The summed E-state index contributed by atoms with van der Waals surface area (Å²) in [6.45, 7) is 0. The molecule has 0 aliphatic carbocycles. The van der Waals surface area contributed by atoms with Crippen molar-refractivity contribution in [2.75, 3.05) is 0 Å². The molecule has 1 aliphatic rings. The van der Waals surface area contributed by atoms with Gasteiger partial charge in [-0.05, 0) is 11.6 Å². The highest BCUT2D eigenvalue weighted by atomic mass is 35.5. The molecule has 1 rings (SSSR count). The summed E-state index contributed by atoms with van der Waals surface area (Å²) in [5.41, 5.74) is 0. The Kier molecular flexibility index (Phi) is 1.34. The largest absolute Gasteiger partial charge is 0.341 e. The van der Waals surface area contributed by atoms with Crippen molar-refractivity contribution in [1.82, 2.24) is 10.6 Å². The SMILES string of the molecule is O=C1C=CNC(O)(Cl)N1. The van der Waals surface area contributed by atoms with Gasteiger partial charge in [-0.3, -0.25) is 10.1 Å². The number of carbonyl (C=O) groups is 1. The van der Waals surface area contributed by atoms with E-state index in [0.29, 0.717) is 0 Å². The second kappa shape index (κ2) is 1.89. The number of carbonyl (C=O) groups excluding carboxylic acids is 1. The lowest BCUT2D eigenvalue weighted by Crippen LogP contribution is -2.54. The van der Waals surface area contributed by atoms with E-state index in [1.807, 2.05) is 5.32 Å². The van der Waals surface area contributed by atoms with Gasteiger partial charge in [-0.15, -0.1) is 0 Å². The number of aliphatic hydroxyl groups is 1. The summed E-state index contributed by atoms with van der Waals surface area (Å²) >= 11 is 5.23. The van der Waals surface area contributed by atoms with Crippen LogP contribution in [0.2, 0.25) is 0 Å². The summed E-state index contributed by atoms with van der Waals surface area (Å²) in [7, 11) is 0. The first-order valence-electron chi connectivity index (χ1n) is 2.28. The lowest BCUT2D eigenvalue weighted by atomic mass is 10.5. The summed E-state index contributed by atoms with van der Waals surface area (Å²) < 4.78 is 0. The van der Waals surface area contributed by atoms with Crippen LogP contribution in [0, 0.1) is 0 Å². The van der Waals surface area contributed by atoms with Gasteiger partial charge in [0, 0.05) is 12.3 Å². The lowest BCUT2D eigenvalue weighted by molar-refractivity contribution is -0.122. The Morgan fingerprint density at radius 1 is 1.78 bits per heavy atom. The maximum Gasteiger partial charge on any atom is 0.299 e. The molecular weight excluding hydrogens is 144 g/mol. The second-order valence-corrected chi connectivity index (χ2v) is 2.14. The fraction of sp³-hybridized carbons (Fsp3) is 0.250. The summed E-state index contributed by atoms with van der Waals surface area (Å²) in [4.78, 5) is 10.4. The molecule has 1 heterocycles. The molecule has 1 amide bonds. The Labute approximate surface area is 56.5 Å². The molecule has 0 saturated heterocycles. The van der Waals surface area contributed by atoms with Crippen LogP contribution in [0.5, 0.6) is 0 Å². The maximum absolute atomic E-state index is 10.4. The van der Waals surface area contributed by atoms with E-state index >= 15 is 0 Å². The molecule has 0 aromatic rings. The highest BCUT2D eigenvalue weighted by Crippen LogP contribution is 2.03. The zero-order valence-electron chi connectivity index (χ0n) is 4.39. The van der Waals surface area contributed by atoms with Gasteiger partial charge in [0.05, 0.1) is 0 Å². The van der Waals surface area contributed by atoms with E-state index in [1.165, 1.54) is 12.3 Å². The van der Waals surface area contributed by atoms with Gasteiger partial charge >= 0.3 is 0 Å². The van der Waals surface area contributed by atoms with E-state index in [0.717, 1.165) is 0 Å². The smallest absolute Gasteiger partial charge is 0.299 e. The quantitative estimate of drug-likeness (QED) is 0.307. The minimum Gasteiger partial charge on any atom is -0.341 e. The van der Waals surface area contributed by atoms with Crippen LogP contribution >= 0.6 is 11.6 Å². The predicted octanol–water partition coefficient (Wildman–Crippen LogP) is -0.938. The van der Waals surface area contributed by atoms with Gasteiger partial charge in [0.1, 0.15) is 0 Å². The predicted molar refractivity (Wildman–Crippen MR) is 31.2 cm³/mol. The first-order valence-corrected chi connectivity index (χ1v) is 2.66. The maximum atomic E-state index is 10.4. The Hall–Kier alpha value is -0.740. The molecule has 9 heavy (non-hydrogen) atoms. The Morgan fingerprint density at radius 2 is 2.44 bits per heavy atom. The third kappa shape index (κ3) is 1.58. The molecule has 50 valence electrons. The number of hydrogen-bond donors (Lipinski definition) is 3. The molecule has 3 N–H and O–H groups in total. The topological polar surface area (TPSA) is 61.4 Å². The minimum atomic E-state index is -1.81. The van der Waals surface area contributed by atoms with Crippen molar-refractivity contribution < 1.29 is 9.90 Å². The molecule has 0 radical (unpaired) electrons. The highest BCUT2D eigenvalue weighted by molar-refractivity contribution is 6.23. The number of halogens is 1. The van der Waals surface area contributed by atoms with Gasteiger partial charge in [-0.2, -0.15) is 0 Å². The molecule has 0 bridgehead atoms. The average Bonchev–Trinajstić information content (AvgIpc) is 1.60. The molecule has 4 nitrogen and oxygen atoms in total. The zero-order valence-corrected chi connectivity index (χ0v) is 5.14. The summed E-state index contributed by atoms with van der Waals surface area (Å²) in [6, 6.07) is 0. The summed E-state index contributed by atoms with van der Waals surface area (Å²) in [5.74, 6) is -0.425. The molecular formula is C4H5ClN2O2. The number of amides is 1. The van der Waals surface area contributed by atoms with E-state index in [4.69, 9.17) is 16.7 Å². The number of hydrogen-bond acceptors (Lipinski definition) is 3. The van der Waals surface area contributed by atoms with Gasteiger partial charge in [-0.25, -0.2) is 0 Å². The van der Waals surface area contributed by atoms with E-state index in [-0.39, 0.29) is 0 Å². The molecule has 5 heteroatoms. The Bertz CT molecular complexity index is 166. The number of rotatable bonds is 0. The molecule has 1 atom stereocenters. The first kappa shape index (κ1) is 6.38. The van der Waals surface area contributed by atoms with Crippen LogP contribution in [0.25, 0.3) is 0 Å². The van der Waals surface area contributed by atoms with Gasteiger partial charge < -0.3 is 10.4 Å². The number of alkyl halides is 1. The standard InChI is InChI=1S/C4H5ClN2O2/c5-4(9)6-2-1-3(8)7-4/h1-2,6,9H,(H,7,8). The first-order chi connectivity index (χ1) is 4.10. The average molecular weight is 149 g/mol. The monoisotopic (exact) mass is 148 g/mol. The third-order valence-corrected chi connectivity index (χ3v) is 1.00. The van der Waals surface area contributed by atoms with Crippen LogP contribution in [0.3, 0.4) is 0 Å². The van der Waals surface area contributed by atoms with Crippen LogP contribution in [-0.2, 0) is 4.79 Å². The Morgan fingerprint density at radius 3 is 2.78 bits per heavy atom. The van der Waals surface area contributed by atoms with Crippen LogP contribution < -0.4 is 10.6 Å². The number of nitrogens with one attached hydrogen (secondary N) is 2. The van der Waals surface area contributed by atoms with Crippen molar-refractivity contribution in [1.29, 1.82) is 0 Å². The molecule has 0 fully saturated rings. The third-order valence-electron chi connectivity index (χ3n) is 0.798. The van der Waals surface area contributed by atoms with Crippen molar-refractivity contribution >= 4 is 17.5 Å². The van der Waals surface area contributed by atoms with E-state index in [2.05, 4.69) is 5.32 Å². The van der Waals surface area contributed by atoms with Gasteiger partial charge in [0.25, 0.3) is 5.31 Å². The van der Waals surface area contributed by atoms with E-state index < -0.39 is 11.2 Å². The van der Waals surface area contributed by atoms with Crippen molar-refractivity contribution in [3.63, 3.8) is 0 Å². The molecule has 0 spiro atoms. The van der Waals surface area contributed by atoms with Crippen molar-refractivity contribution in [2.24, 2.45) is 0 Å². The fourth-order valence-corrected chi connectivity index (χ4v) is 0.625. The molecule has 0 saturated carbocycles. The molecule has 1 unspecified atom stereocenters. The summed E-state index contributed by atoms with van der Waals surface area (Å²) in [5, 5.41) is 11.3. The second-order valence-electron chi connectivity index (χ2n) is 1.59. The van der Waals surface area contributed by atoms with Crippen LogP contribution in [0.15, 0.2) is 12.3 Å². The fourth-order valence-electron chi connectivity index (χ4n) is 0.469. The van der Waals surface area contributed by atoms with Crippen molar-refractivity contribution in [2.45, 2.75) is 5.31 Å². The van der Waals surface area contributed by atoms with Crippen LogP contribution in [0.1, 0.15) is 0 Å². The van der Waals surface area contributed by atoms with Gasteiger partial charge in [0.15, 0.2) is 0 Å². The molecule has 0 aromatic carbocycles.